The van der Waals surface area contributed by atoms with E-state index in [-0.39, 0.29) is 5.82 Å². The second-order valence-corrected chi connectivity index (χ2v) is 4.56. The zero-order valence-corrected chi connectivity index (χ0v) is 11.8. The van der Waals surface area contributed by atoms with Gasteiger partial charge in [-0.2, -0.15) is 0 Å². The summed E-state index contributed by atoms with van der Waals surface area (Å²) in [6.07, 6.45) is 1.65. The largest absolute Gasteiger partial charge is 0.497 e. The van der Waals surface area contributed by atoms with Gasteiger partial charge in [-0.05, 0) is 35.9 Å². The molecule has 0 atom stereocenters. The molecule has 0 radical (unpaired) electrons. The van der Waals surface area contributed by atoms with Crippen molar-refractivity contribution in [3.63, 3.8) is 0 Å². The SMILES string of the molecule is COc1ccc(F)c(-c2ccnc3c(OC)cccc23)c1. The molecule has 3 rings (SSSR count). The number of rotatable bonds is 3. The van der Waals surface area contributed by atoms with Crippen molar-refractivity contribution in [2.24, 2.45) is 0 Å². The Morgan fingerprint density at radius 2 is 1.81 bits per heavy atom. The van der Waals surface area contributed by atoms with Gasteiger partial charge in [0.05, 0.1) is 14.2 Å². The molecule has 4 heteroatoms. The van der Waals surface area contributed by atoms with Crippen LogP contribution in [0, 0.1) is 5.82 Å². The fraction of sp³-hybridized carbons (Fsp3) is 0.118. The fourth-order valence-corrected chi connectivity index (χ4v) is 2.39. The van der Waals surface area contributed by atoms with E-state index in [0.29, 0.717) is 22.6 Å². The van der Waals surface area contributed by atoms with E-state index >= 15 is 0 Å². The summed E-state index contributed by atoms with van der Waals surface area (Å²) in [5.74, 6) is 0.975. The van der Waals surface area contributed by atoms with E-state index in [1.807, 2.05) is 18.2 Å². The Morgan fingerprint density at radius 1 is 0.952 bits per heavy atom. The van der Waals surface area contributed by atoms with Crippen LogP contribution in [0.25, 0.3) is 22.0 Å². The molecule has 106 valence electrons. The zero-order valence-electron chi connectivity index (χ0n) is 11.8. The Bertz CT molecular complexity index is 802. The monoisotopic (exact) mass is 283 g/mol. The molecule has 0 saturated heterocycles. The lowest BCUT2D eigenvalue weighted by Crippen LogP contribution is -1.92. The molecule has 0 unspecified atom stereocenters. The lowest BCUT2D eigenvalue weighted by molar-refractivity contribution is 0.414. The molecule has 2 aromatic carbocycles. The number of halogens is 1. The lowest BCUT2D eigenvalue weighted by Gasteiger charge is -2.11. The van der Waals surface area contributed by atoms with Gasteiger partial charge in [-0.15, -0.1) is 0 Å². The summed E-state index contributed by atoms with van der Waals surface area (Å²) in [4.78, 5) is 4.33. The first-order chi connectivity index (χ1) is 10.2. The summed E-state index contributed by atoms with van der Waals surface area (Å²) in [5, 5.41) is 0.837. The van der Waals surface area contributed by atoms with Crippen LogP contribution < -0.4 is 9.47 Å². The van der Waals surface area contributed by atoms with E-state index < -0.39 is 0 Å². The van der Waals surface area contributed by atoms with Gasteiger partial charge < -0.3 is 9.47 Å². The Kier molecular flexibility index (Phi) is 3.44. The molecule has 0 fully saturated rings. The third kappa shape index (κ3) is 2.29. The van der Waals surface area contributed by atoms with Gasteiger partial charge in [-0.3, -0.25) is 4.98 Å². The summed E-state index contributed by atoms with van der Waals surface area (Å²) < 4.78 is 24.7. The molecule has 0 saturated carbocycles. The normalized spacial score (nSPS) is 10.6. The highest BCUT2D eigenvalue weighted by Gasteiger charge is 2.12. The first-order valence-electron chi connectivity index (χ1n) is 6.50. The van der Waals surface area contributed by atoms with Crippen molar-refractivity contribution in [1.82, 2.24) is 4.98 Å². The van der Waals surface area contributed by atoms with Crippen LogP contribution in [0.15, 0.2) is 48.7 Å². The first kappa shape index (κ1) is 13.4. The van der Waals surface area contributed by atoms with Crippen LogP contribution in [0.2, 0.25) is 0 Å². The van der Waals surface area contributed by atoms with E-state index in [4.69, 9.17) is 9.47 Å². The van der Waals surface area contributed by atoms with Crippen LogP contribution in [0.1, 0.15) is 0 Å². The quantitative estimate of drug-likeness (QED) is 0.726. The molecule has 21 heavy (non-hydrogen) atoms. The number of ether oxygens (including phenoxy) is 2. The Labute approximate surface area is 122 Å². The molecule has 0 amide bonds. The van der Waals surface area contributed by atoms with Crippen molar-refractivity contribution in [3.8, 4) is 22.6 Å². The number of pyridine rings is 1. The highest BCUT2D eigenvalue weighted by Crippen LogP contribution is 2.34. The van der Waals surface area contributed by atoms with Crippen molar-refractivity contribution in [1.29, 1.82) is 0 Å². The Hall–Kier alpha value is -2.62. The summed E-state index contributed by atoms with van der Waals surface area (Å²) in [6, 6.07) is 12.1. The second-order valence-electron chi connectivity index (χ2n) is 4.56. The van der Waals surface area contributed by atoms with Gasteiger partial charge in [0.2, 0.25) is 0 Å². The highest BCUT2D eigenvalue weighted by molar-refractivity contribution is 5.97. The number of nitrogens with zero attached hydrogens (tertiary/aromatic N) is 1. The van der Waals surface area contributed by atoms with Crippen LogP contribution in [-0.4, -0.2) is 19.2 Å². The maximum absolute atomic E-state index is 14.2. The van der Waals surface area contributed by atoms with Crippen molar-refractivity contribution in [3.05, 3.63) is 54.5 Å². The predicted molar refractivity (Wildman–Crippen MR) is 80.2 cm³/mol. The van der Waals surface area contributed by atoms with Crippen LogP contribution in [0.4, 0.5) is 4.39 Å². The molecular formula is C17H14FNO2. The van der Waals surface area contributed by atoms with Crippen LogP contribution in [-0.2, 0) is 0 Å². The molecule has 3 aromatic rings. The minimum Gasteiger partial charge on any atom is -0.497 e. The summed E-state index contributed by atoms with van der Waals surface area (Å²) in [5.41, 5.74) is 1.95. The number of benzene rings is 2. The number of aromatic nitrogens is 1. The van der Waals surface area contributed by atoms with E-state index in [1.165, 1.54) is 6.07 Å². The third-order valence-electron chi connectivity index (χ3n) is 3.42. The Morgan fingerprint density at radius 3 is 2.57 bits per heavy atom. The topological polar surface area (TPSA) is 31.4 Å². The molecule has 0 aliphatic heterocycles. The van der Waals surface area contributed by atoms with Gasteiger partial charge in [0.25, 0.3) is 0 Å². The van der Waals surface area contributed by atoms with Gasteiger partial charge in [-0.25, -0.2) is 4.39 Å². The molecule has 0 aliphatic carbocycles. The molecule has 1 heterocycles. The predicted octanol–water partition coefficient (Wildman–Crippen LogP) is 4.06. The molecule has 3 nitrogen and oxygen atoms in total. The number of hydrogen-bond donors (Lipinski definition) is 0. The van der Waals surface area contributed by atoms with Crippen molar-refractivity contribution < 1.29 is 13.9 Å². The number of para-hydroxylation sites is 1. The smallest absolute Gasteiger partial charge is 0.145 e. The van der Waals surface area contributed by atoms with Gasteiger partial charge in [0, 0.05) is 17.1 Å². The van der Waals surface area contributed by atoms with E-state index in [1.54, 1.807) is 38.6 Å². The average Bonchev–Trinajstić information content (AvgIpc) is 2.54. The summed E-state index contributed by atoms with van der Waals surface area (Å²) in [7, 11) is 3.15. The second kappa shape index (κ2) is 5.40. The van der Waals surface area contributed by atoms with Gasteiger partial charge in [0.1, 0.15) is 22.8 Å². The molecular weight excluding hydrogens is 269 g/mol. The maximum atomic E-state index is 14.2. The lowest BCUT2D eigenvalue weighted by atomic mass is 10.0. The number of hydrogen-bond acceptors (Lipinski definition) is 3. The molecule has 0 bridgehead atoms. The van der Waals surface area contributed by atoms with Gasteiger partial charge in [-0.1, -0.05) is 12.1 Å². The minimum absolute atomic E-state index is 0.300. The maximum Gasteiger partial charge on any atom is 0.145 e. The molecule has 0 N–H and O–H groups in total. The third-order valence-corrected chi connectivity index (χ3v) is 3.42. The minimum atomic E-state index is -0.300. The van der Waals surface area contributed by atoms with Crippen molar-refractivity contribution in [2.75, 3.05) is 14.2 Å². The standard InChI is InChI=1S/C17H14FNO2/c1-20-11-6-7-15(18)14(10-11)12-8-9-19-17-13(12)4-3-5-16(17)21-2/h3-10H,1-2H3. The number of methoxy groups -OCH3 is 2. The van der Waals surface area contributed by atoms with Gasteiger partial charge in [0.15, 0.2) is 0 Å². The summed E-state index contributed by atoms with van der Waals surface area (Å²) in [6.45, 7) is 0. The van der Waals surface area contributed by atoms with Crippen LogP contribution >= 0.6 is 0 Å². The molecule has 0 spiro atoms. The summed E-state index contributed by atoms with van der Waals surface area (Å²) >= 11 is 0. The molecule has 0 aliphatic rings. The van der Waals surface area contributed by atoms with E-state index in [9.17, 15) is 4.39 Å². The van der Waals surface area contributed by atoms with Crippen molar-refractivity contribution in [2.45, 2.75) is 0 Å². The first-order valence-corrected chi connectivity index (χ1v) is 6.50. The zero-order chi connectivity index (χ0) is 14.8. The Balaban J connectivity index is 2.31. The van der Waals surface area contributed by atoms with Crippen LogP contribution in [0.3, 0.4) is 0 Å². The fourth-order valence-electron chi connectivity index (χ4n) is 2.39. The van der Waals surface area contributed by atoms with E-state index in [0.717, 1.165) is 10.9 Å². The van der Waals surface area contributed by atoms with E-state index in [2.05, 4.69) is 4.98 Å². The number of fused-ring (bicyclic) bond motifs is 1. The highest BCUT2D eigenvalue weighted by atomic mass is 19.1. The van der Waals surface area contributed by atoms with Gasteiger partial charge >= 0.3 is 0 Å². The molecule has 1 aromatic heterocycles. The average molecular weight is 283 g/mol. The van der Waals surface area contributed by atoms with Crippen LogP contribution in [0.5, 0.6) is 11.5 Å². The van der Waals surface area contributed by atoms with Crippen molar-refractivity contribution >= 4 is 10.9 Å².